The largest absolute Gasteiger partial charge is 0.497 e. The van der Waals surface area contributed by atoms with E-state index in [-0.39, 0.29) is 10.9 Å². The van der Waals surface area contributed by atoms with Gasteiger partial charge in [0.15, 0.2) is 0 Å². The molecule has 10 nitrogen and oxygen atoms in total. The number of carboxylic acid groups (broad SMARTS) is 1. The Kier molecular flexibility index (Phi) is 7.02. The van der Waals surface area contributed by atoms with Crippen LogP contribution in [-0.4, -0.2) is 84.5 Å². The highest BCUT2D eigenvalue weighted by Gasteiger charge is 2.34. The topological polar surface area (TPSA) is 116 Å². The first-order chi connectivity index (χ1) is 17.8. The molecule has 2 fully saturated rings. The number of ether oxygens (including phenoxy) is 1. The summed E-state index contributed by atoms with van der Waals surface area (Å²) in [6.07, 6.45) is 1.38. The summed E-state index contributed by atoms with van der Waals surface area (Å²) in [6.45, 7) is 4.42. The predicted molar refractivity (Wildman–Crippen MR) is 139 cm³/mol. The van der Waals surface area contributed by atoms with Gasteiger partial charge in [-0.1, -0.05) is 12.1 Å². The second-order valence-electron chi connectivity index (χ2n) is 9.40. The molecule has 0 aliphatic carbocycles. The van der Waals surface area contributed by atoms with Gasteiger partial charge in [0.05, 0.1) is 23.6 Å². The van der Waals surface area contributed by atoms with E-state index in [9.17, 15) is 18.3 Å². The molecule has 3 heterocycles. The predicted octanol–water partition coefficient (Wildman–Crippen LogP) is 2.76. The van der Waals surface area contributed by atoms with Gasteiger partial charge in [-0.3, -0.25) is 4.90 Å². The van der Waals surface area contributed by atoms with E-state index < -0.39 is 22.0 Å². The van der Waals surface area contributed by atoms with Crippen molar-refractivity contribution in [1.82, 2.24) is 19.2 Å². The van der Waals surface area contributed by atoms with Crippen LogP contribution in [0.2, 0.25) is 0 Å². The molecule has 2 saturated heterocycles. The lowest BCUT2D eigenvalue weighted by molar-refractivity contribution is -0.138. The number of nitrogens with zero attached hydrogens (tertiary/aromatic N) is 5. The van der Waals surface area contributed by atoms with Gasteiger partial charge in [0, 0.05) is 38.1 Å². The van der Waals surface area contributed by atoms with Crippen LogP contribution in [-0.2, 0) is 14.8 Å². The summed E-state index contributed by atoms with van der Waals surface area (Å²) in [4.78, 5) is 25.9. The van der Waals surface area contributed by atoms with Crippen molar-refractivity contribution in [2.75, 3.05) is 44.7 Å². The summed E-state index contributed by atoms with van der Waals surface area (Å²) in [5, 5.41) is 10.6. The Balaban J connectivity index is 1.36. The van der Waals surface area contributed by atoms with E-state index >= 15 is 0 Å². The van der Waals surface area contributed by atoms with Crippen LogP contribution in [0.5, 0.6) is 5.75 Å². The molecule has 2 aliphatic heterocycles. The van der Waals surface area contributed by atoms with Gasteiger partial charge in [-0.2, -0.15) is 4.31 Å². The van der Waals surface area contributed by atoms with Crippen LogP contribution in [0.3, 0.4) is 0 Å². The van der Waals surface area contributed by atoms with Gasteiger partial charge in [0.2, 0.25) is 10.0 Å². The van der Waals surface area contributed by atoms with Gasteiger partial charge in [-0.15, -0.1) is 0 Å². The third kappa shape index (κ3) is 4.86. The van der Waals surface area contributed by atoms with E-state index in [1.165, 1.54) is 4.31 Å². The minimum Gasteiger partial charge on any atom is -0.497 e. The van der Waals surface area contributed by atoms with Crippen molar-refractivity contribution in [2.24, 2.45) is 0 Å². The molecule has 2 aromatic carbocycles. The highest BCUT2D eigenvalue weighted by Crippen LogP contribution is 2.32. The molecular weight excluding hydrogens is 494 g/mol. The standard InChI is InChI=1S/C26H31N5O5S/c1-18(29-14-16-30(17-15-29)37(34,35)20-11-9-19(36-2)10-12-20)24-27-22-7-4-3-6-21(22)25(28-24)31-13-5-8-23(31)26(32)33/h3-4,6-7,9-12,18,23H,5,8,13-17H2,1-2H3,(H,32,33)/t18?,23-/m1/s1. The van der Waals surface area contributed by atoms with Crippen molar-refractivity contribution >= 4 is 32.7 Å². The average Bonchev–Trinajstić information content (AvgIpc) is 3.42. The number of hydrogen-bond donors (Lipinski definition) is 1. The molecule has 1 unspecified atom stereocenters. The van der Waals surface area contributed by atoms with E-state index in [1.54, 1.807) is 31.4 Å². The normalized spacial score (nSPS) is 20.3. The third-order valence-electron chi connectivity index (χ3n) is 7.30. The van der Waals surface area contributed by atoms with Crippen LogP contribution in [0.4, 0.5) is 5.82 Å². The molecule has 5 rings (SSSR count). The van der Waals surface area contributed by atoms with Gasteiger partial charge < -0.3 is 14.7 Å². The summed E-state index contributed by atoms with van der Waals surface area (Å²) < 4.78 is 32.9. The third-order valence-corrected chi connectivity index (χ3v) is 9.22. The molecule has 2 atom stereocenters. The minimum absolute atomic E-state index is 0.167. The first-order valence-electron chi connectivity index (χ1n) is 12.4. The number of para-hydroxylation sites is 1. The highest BCUT2D eigenvalue weighted by atomic mass is 32.2. The van der Waals surface area contributed by atoms with Crippen LogP contribution in [0.1, 0.15) is 31.6 Å². The number of carboxylic acids is 1. The maximum atomic E-state index is 13.1. The molecule has 2 aliphatic rings. The summed E-state index contributed by atoms with van der Waals surface area (Å²) in [5.41, 5.74) is 0.770. The number of benzene rings is 2. The first-order valence-corrected chi connectivity index (χ1v) is 13.9. The second kappa shape index (κ2) is 10.2. The fourth-order valence-corrected chi connectivity index (χ4v) is 6.57. The molecule has 0 radical (unpaired) electrons. The van der Waals surface area contributed by atoms with Crippen LogP contribution in [0.25, 0.3) is 10.9 Å². The van der Waals surface area contributed by atoms with Crippen molar-refractivity contribution in [3.63, 3.8) is 0 Å². The second-order valence-corrected chi connectivity index (χ2v) is 11.3. The maximum Gasteiger partial charge on any atom is 0.326 e. The number of methoxy groups -OCH3 is 1. The Labute approximate surface area is 216 Å². The Morgan fingerprint density at radius 1 is 1.03 bits per heavy atom. The molecule has 0 saturated carbocycles. The van der Waals surface area contributed by atoms with Crippen molar-refractivity contribution in [1.29, 1.82) is 0 Å². The Morgan fingerprint density at radius 2 is 1.73 bits per heavy atom. The maximum absolute atomic E-state index is 13.1. The summed E-state index contributed by atoms with van der Waals surface area (Å²) in [7, 11) is -2.06. The number of aliphatic carboxylic acids is 1. The zero-order valence-corrected chi connectivity index (χ0v) is 21.8. The van der Waals surface area contributed by atoms with Crippen LogP contribution >= 0.6 is 0 Å². The molecule has 3 aromatic rings. The number of fused-ring (bicyclic) bond motifs is 1. The molecule has 0 spiro atoms. The molecule has 37 heavy (non-hydrogen) atoms. The fraction of sp³-hybridized carbons (Fsp3) is 0.423. The number of carbonyl (C=O) groups is 1. The number of hydrogen-bond acceptors (Lipinski definition) is 8. The van der Waals surface area contributed by atoms with E-state index in [4.69, 9.17) is 14.7 Å². The molecule has 1 N–H and O–H groups in total. The van der Waals surface area contributed by atoms with Gasteiger partial charge >= 0.3 is 5.97 Å². The number of aromatic nitrogens is 2. The van der Waals surface area contributed by atoms with Crippen molar-refractivity contribution in [3.8, 4) is 5.75 Å². The summed E-state index contributed by atoms with van der Waals surface area (Å²) in [5.74, 6) is 1.02. The van der Waals surface area contributed by atoms with Gasteiger partial charge in [-0.25, -0.2) is 23.2 Å². The smallest absolute Gasteiger partial charge is 0.326 e. The highest BCUT2D eigenvalue weighted by molar-refractivity contribution is 7.89. The molecule has 196 valence electrons. The van der Waals surface area contributed by atoms with Gasteiger partial charge in [0.25, 0.3) is 0 Å². The molecule has 11 heteroatoms. The zero-order chi connectivity index (χ0) is 26.2. The summed E-state index contributed by atoms with van der Waals surface area (Å²) in [6, 6.07) is 13.3. The molecule has 1 aromatic heterocycles. The molecule has 0 amide bonds. The fourth-order valence-electron chi connectivity index (χ4n) is 5.15. The average molecular weight is 526 g/mol. The monoisotopic (exact) mass is 525 g/mol. The summed E-state index contributed by atoms with van der Waals surface area (Å²) >= 11 is 0. The number of piperazine rings is 1. The Hall–Kier alpha value is -3.28. The van der Waals surface area contributed by atoms with Crippen LogP contribution in [0, 0.1) is 0 Å². The van der Waals surface area contributed by atoms with Crippen LogP contribution in [0.15, 0.2) is 53.4 Å². The van der Waals surface area contributed by atoms with Crippen molar-refractivity contribution < 1.29 is 23.1 Å². The number of anilines is 1. The van der Waals surface area contributed by atoms with Crippen LogP contribution < -0.4 is 9.64 Å². The van der Waals surface area contributed by atoms with Crippen molar-refractivity contribution in [2.45, 2.75) is 36.7 Å². The first kappa shape index (κ1) is 25.4. The van der Waals surface area contributed by atoms with Crippen molar-refractivity contribution in [3.05, 3.63) is 54.4 Å². The van der Waals surface area contributed by atoms with Gasteiger partial charge in [0.1, 0.15) is 23.4 Å². The van der Waals surface area contributed by atoms with E-state index in [1.807, 2.05) is 36.1 Å². The van der Waals surface area contributed by atoms with E-state index in [2.05, 4.69) is 4.90 Å². The number of sulfonamides is 1. The lowest BCUT2D eigenvalue weighted by atomic mass is 10.1. The minimum atomic E-state index is -3.60. The van der Waals surface area contributed by atoms with E-state index in [0.29, 0.717) is 56.5 Å². The Bertz CT molecular complexity index is 1390. The lowest BCUT2D eigenvalue weighted by Gasteiger charge is -2.37. The molecular formula is C26H31N5O5S. The number of rotatable bonds is 7. The van der Waals surface area contributed by atoms with E-state index in [0.717, 1.165) is 17.3 Å². The quantitative estimate of drug-likeness (QED) is 0.497. The lowest BCUT2D eigenvalue weighted by Crippen LogP contribution is -2.49. The molecule has 0 bridgehead atoms. The SMILES string of the molecule is COc1ccc(S(=O)(=O)N2CCN(C(C)c3nc(N4CCC[C@@H]4C(=O)O)c4ccccc4n3)CC2)cc1. The Morgan fingerprint density at radius 3 is 2.41 bits per heavy atom. The van der Waals surface area contributed by atoms with Gasteiger partial charge in [-0.05, 0) is 56.2 Å². The zero-order valence-electron chi connectivity index (χ0n) is 20.9.